The summed E-state index contributed by atoms with van der Waals surface area (Å²) in [6.45, 7) is 1.01. The molecule has 1 aromatic rings. The summed E-state index contributed by atoms with van der Waals surface area (Å²) in [5.41, 5.74) is 0.595. The van der Waals surface area contributed by atoms with Crippen molar-refractivity contribution in [2.24, 2.45) is 0 Å². The van der Waals surface area contributed by atoms with Crippen LogP contribution in [0.1, 0.15) is 15.9 Å². The zero-order valence-electron chi connectivity index (χ0n) is 11.2. The number of aryl methyl sites for hydroxylation is 1. The van der Waals surface area contributed by atoms with Crippen LogP contribution in [0.5, 0.6) is 0 Å². The molecule has 0 atom stereocenters. The largest absolute Gasteiger partial charge is 0.478 e. The van der Waals surface area contributed by atoms with Gasteiger partial charge in [0, 0.05) is 0 Å². The average Bonchev–Trinajstić information content (AvgIpc) is 2.70. The summed E-state index contributed by atoms with van der Waals surface area (Å²) in [5, 5.41) is 13.8. The molecular formula is C13H13N3O5. The number of nitrogens with one attached hydrogen (secondary N) is 2. The van der Waals surface area contributed by atoms with Crippen LogP contribution in [0, 0.1) is 6.92 Å². The van der Waals surface area contributed by atoms with Crippen LogP contribution in [-0.4, -0.2) is 46.9 Å². The fourth-order valence-electron chi connectivity index (χ4n) is 2.00. The SMILES string of the molecule is Cc1cccc(NC(=O)CN2C(=O)CNC2=O)c1C(=O)O. The number of benzene rings is 1. The van der Waals surface area contributed by atoms with Crippen LogP contribution in [-0.2, 0) is 9.59 Å². The molecule has 1 aliphatic heterocycles. The van der Waals surface area contributed by atoms with E-state index in [-0.39, 0.29) is 17.8 Å². The monoisotopic (exact) mass is 291 g/mol. The second kappa shape index (κ2) is 5.61. The zero-order chi connectivity index (χ0) is 15.6. The van der Waals surface area contributed by atoms with Crippen LogP contribution >= 0.6 is 0 Å². The van der Waals surface area contributed by atoms with Crippen LogP contribution in [0.25, 0.3) is 0 Å². The summed E-state index contributed by atoms with van der Waals surface area (Å²) >= 11 is 0. The molecule has 8 nitrogen and oxygen atoms in total. The first-order chi connectivity index (χ1) is 9.90. The first kappa shape index (κ1) is 14.5. The van der Waals surface area contributed by atoms with Crippen LogP contribution in [0.2, 0.25) is 0 Å². The molecule has 1 fully saturated rings. The lowest BCUT2D eigenvalue weighted by Crippen LogP contribution is -2.38. The smallest absolute Gasteiger partial charge is 0.338 e. The van der Waals surface area contributed by atoms with Gasteiger partial charge in [0.05, 0.1) is 17.8 Å². The van der Waals surface area contributed by atoms with Crippen LogP contribution in [0.15, 0.2) is 18.2 Å². The Balaban J connectivity index is 2.13. The van der Waals surface area contributed by atoms with Gasteiger partial charge in [0.15, 0.2) is 0 Å². The quantitative estimate of drug-likeness (QED) is 0.684. The number of amides is 4. The Labute approximate surface area is 119 Å². The van der Waals surface area contributed by atoms with Gasteiger partial charge in [-0.15, -0.1) is 0 Å². The number of carboxylic acid groups (broad SMARTS) is 1. The first-order valence-electron chi connectivity index (χ1n) is 6.11. The molecular weight excluding hydrogens is 278 g/mol. The van der Waals surface area contributed by atoms with E-state index in [1.165, 1.54) is 6.07 Å². The maximum Gasteiger partial charge on any atom is 0.338 e. The number of nitrogens with zero attached hydrogens (tertiary/aromatic N) is 1. The normalized spacial score (nSPS) is 14.0. The van der Waals surface area contributed by atoms with E-state index in [4.69, 9.17) is 5.11 Å². The number of carbonyl (C=O) groups is 4. The number of carbonyl (C=O) groups excluding carboxylic acids is 3. The standard InChI is InChI=1S/C13H13N3O5/c1-7-3-2-4-8(11(7)12(19)20)15-9(17)6-16-10(18)5-14-13(16)21/h2-4H,5-6H2,1H3,(H,14,21)(H,15,17)(H,19,20). The van der Waals surface area contributed by atoms with Crippen molar-refractivity contribution in [2.75, 3.05) is 18.4 Å². The van der Waals surface area contributed by atoms with Gasteiger partial charge < -0.3 is 15.7 Å². The van der Waals surface area contributed by atoms with Crippen molar-refractivity contribution in [1.29, 1.82) is 0 Å². The van der Waals surface area contributed by atoms with Crippen molar-refractivity contribution >= 4 is 29.5 Å². The third-order valence-corrected chi connectivity index (χ3v) is 3.00. The maximum absolute atomic E-state index is 11.9. The highest BCUT2D eigenvalue weighted by Gasteiger charge is 2.30. The van der Waals surface area contributed by atoms with Gasteiger partial charge in [-0.3, -0.25) is 14.5 Å². The number of carboxylic acids is 1. The number of imide groups is 1. The third kappa shape index (κ3) is 2.99. The number of anilines is 1. The van der Waals surface area contributed by atoms with E-state index in [0.29, 0.717) is 5.56 Å². The molecule has 1 aliphatic rings. The molecule has 1 heterocycles. The third-order valence-electron chi connectivity index (χ3n) is 3.00. The van der Waals surface area contributed by atoms with Gasteiger partial charge in [-0.25, -0.2) is 9.59 Å². The van der Waals surface area contributed by atoms with E-state index in [0.717, 1.165) is 4.90 Å². The Kier molecular flexibility index (Phi) is 3.88. The molecule has 1 aromatic carbocycles. The molecule has 0 aliphatic carbocycles. The van der Waals surface area contributed by atoms with Crippen molar-refractivity contribution in [3.8, 4) is 0 Å². The van der Waals surface area contributed by atoms with Crippen LogP contribution in [0.3, 0.4) is 0 Å². The van der Waals surface area contributed by atoms with E-state index < -0.39 is 30.4 Å². The minimum Gasteiger partial charge on any atom is -0.478 e. The number of aromatic carboxylic acids is 1. The van der Waals surface area contributed by atoms with Gasteiger partial charge in [0.2, 0.25) is 5.91 Å². The molecule has 4 amide bonds. The van der Waals surface area contributed by atoms with E-state index in [1.54, 1.807) is 19.1 Å². The van der Waals surface area contributed by atoms with Gasteiger partial charge in [0.1, 0.15) is 6.54 Å². The lowest BCUT2D eigenvalue weighted by Gasteiger charge is -2.14. The maximum atomic E-state index is 11.9. The average molecular weight is 291 g/mol. The summed E-state index contributed by atoms with van der Waals surface area (Å²) in [7, 11) is 0. The summed E-state index contributed by atoms with van der Waals surface area (Å²) in [6, 6.07) is 4.01. The van der Waals surface area contributed by atoms with E-state index >= 15 is 0 Å². The molecule has 2 rings (SSSR count). The Morgan fingerprint density at radius 1 is 1.38 bits per heavy atom. The molecule has 21 heavy (non-hydrogen) atoms. The molecule has 110 valence electrons. The fourth-order valence-corrected chi connectivity index (χ4v) is 2.00. The second-order valence-corrected chi connectivity index (χ2v) is 4.49. The molecule has 0 radical (unpaired) electrons. The van der Waals surface area contributed by atoms with Crippen molar-refractivity contribution in [3.63, 3.8) is 0 Å². The predicted octanol–water partition coefficient (Wildman–Crippen LogP) is 0.184. The highest BCUT2D eigenvalue weighted by molar-refractivity contribution is 6.07. The Morgan fingerprint density at radius 2 is 2.10 bits per heavy atom. The summed E-state index contributed by atoms with van der Waals surface area (Å²) < 4.78 is 0. The van der Waals surface area contributed by atoms with Gasteiger partial charge >= 0.3 is 12.0 Å². The molecule has 0 saturated carbocycles. The number of urea groups is 1. The topological polar surface area (TPSA) is 116 Å². The van der Waals surface area contributed by atoms with Gasteiger partial charge in [0.25, 0.3) is 5.91 Å². The molecule has 0 bridgehead atoms. The molecule has 0 aromatic heterocycles. The lowest BCUT2D eigenvalue weighted by molar-refractivity contribution is -0.128. The van der Waals surface area contributed by atoms with Crippen molar-refractivity contribution in [3.05, 3.63) is 29.3 Å². The molecule has 1 saturated heterocycles. The summed E-state index contributed by atoms with van der Waals surface area (Å²) in [6.07, 6.45) is 0. The highest BCUT2D eigenvalue weighted by atomic mass is 16.4. The Hall–Kier alpha value is -2.90. The number of hydrogen-bond donors (Lipinski definition) is 3. The summed E-state index contributed by atoms with van der Waals surface area (Å²) in [5.74, 6) is -2.32. The minimum atomic E-state index is -1.17. The number of rotatable bonds is 4. The van der Waals surface area contributed by atoms with Gasteiger partial charge in [-0.2, -0.15) is 0 Å². The Bertz CT molecular complexity index is 625. The fraction of sp³-hybridized carbons (Fsp3) is 0.231. The summed E-state index contributed by atoms with van der Waals surface area (Å²) in [4.78, 5) is 46.5. The van der Waals surface area contributed by atoms with Crippen molar-refractivity contribution in [2.45, 2.75) is 6.92 Å². The molecule has 0 spiro atoms. The molecule has 8 heteroatoms. The van der Waals surface area contributed by atoms with Gasteiger partial charge in [-0.05, 0) is 18.6 Å². The first-order valence-corrected chi connectivity index (χ1v) is 6.11. The zero-order valence-corrected chi connectivity index (χ0v) is 11.2. The minimum absolute atomic E-state index is 0.0250. The van der Waals surface area contributed by atoms with E-state index in [9.17, 15) is 19.2 Å². The highest BCUT2D eigenvalue weighted by Crippen LogP contribution is 2.19. The lowest BCUT2D eigenvalue weighted by atomic mass is 10.1. The number of hydrogen-bond acceptors (Lipinski definition) is 4. The Morgan fingerprint density at radius 3 is 2.67 bits per heavy atom. The molecule has 0 unspecified atom stereocenters. The second-order valence-electron chi connectivity index (χ2n) is 4.49. The van der Waals surface area contributed by atoms with Crippen LogP contribution < -0.4 is 10.6 Å². The predicted molar refractivity (Wildman–Crippen MR) is 71.9 cm³/mol. The molecule has 3 N–H and O–H groups in total. The van der Waals surface area contributed by atoms with Gasteiger partial charge in [-0.1, -0.05) is 12.1 Å². The van der Waals surface area contributed by atoms with Crippen LogP contribution in [0.4, 0.5) is 10.5 Å². The van der Waals surface area contributed by atoms with Crippen molar-refractivity contribution in [1.82, 2.24) is 10.2 Å². The van der Waals surface area contributed by atoms with E-state index in [2.05, 4.69) is 10.6 Å². The van der Waals surface area contributed by atoms with E-state index in [1.807, 2.05) is 0 Å². The van der Waals surface area contributed by atoms with Crippen molar-refractivity contribution < 1.29 is 24.3 Å².